The number of aromatic nitrogens is 2. The highest BCUT2D eigenvalue weighted by Gasteiger charge is 2.16. The van der Waals surface area contributed by atoms with Gasteiger partial charge in [-0.1, -0.05) is 68.3 Å². The Hall–Kier alpha value is -4.21. The first kappa shape index (κ1) is 27.0. The van der Waals surface area contributed by atoms with Crippen LogP contribution >= 0.6 is 31.9 Å². The van der Waals surface area contributed by atoms with Gasteiger partial charge in [-0.15, -0.1) is 0 Å². The topological polar surface area (TPSA) is 78.9 Å². The number of rotatable bonds is 8. The zero-order valence-corrected chi connectivity index (χ0v) is 25.1. The van der Waals surface area contributed by atoms with Gasteiger partial charge in [-0.3, -0.25) is 4.79 Å². The molecule has 41 heavy (non-hydrogen) atoms. The van der Waals surface area contributed by atoms with Crippen LogP contribution in [0.5, 0.6) is 11.5 Å². The maximum Gasteiger partial charge on any atom is 0.282 e. The molecule has 204 valence electrons. The summed E-state index contributed by atoms with van der Waals surface area (Å²) in [5.74, 6) is 1.94. The number of halogens is 2. The third kappa shape index (κ3) is 5.68. The number of hydrogen-bond donors (Lipinski definition) is 0. The van der Waals surface area contributed by atoms with E-state index >= 15 is 0 Å². The van der Waals surface area contributed by atoms with Gasteiger partial charge < -0.3 is 13.9 Å². The highest BCUT2D eigenvalue weighted by atomic mass is 79.9. The van der Waals surface area contributed by atoms with E-state index in [2.05, 4.69) is 37.0 Å². The standard InChI is InChI=1S/C32H23Br2N3O4/c1-2-39-29-15-20(11-14-28(29)40-19-22-12-13-23(33)17-25(22)34)18-35-37-31(30-16-21-7-3-6-10-27(21)41-30)36-26-9-5-4-8-24(26)32(37)38/h3-18H,2,19H2,1H3. The van der Waals surface area contributed by atoms with E-state index in [0.717, 1.165) is 25.5 Å². The van der Waals surface area contributed by atoms with Gasteiger partial charge in [0, 0.05) is 19.9 Å². The van der Waals surface area contributed by atoms with Crippen molar-refractivity contribution in [3.63, 3.8) is 0 Å². The van der Waals surface area contributed by atoms with Crippen LogP contribution < -0.4 is 15.0 Å². The average molecular weight is 673 g/mol. The number of ether oxygens (including phenoxy) is 2. The highest BCUT2D eigenvalue weighted by molar-refractivity contribution is 9.11. The molecule has 0 aliphatic rings. The summed E-state index contributed by atoms with van der Waals surface area (Å²) in [6, 6.07) is 28.2. The Morgan fingerprint density at radius 3 is 2.59 bits per heavy atom. The number of para-hydroxylation sites is 2. The summed E-state index contributed by atoms with van der Waals surface area (Å²) < 4.78 is 21.2. The van der Waals surface area contributed by atoms with Crippen molar-refractivity contribution in [3.8, 4) is 23.1 Å². The predicted octanol–water partition coefficient (Wildman–Crippen LogP) is 8.19. The van der Waals surface area contributed by atoms with E-state index in [-0.39, 0.29) is 5.56 Å². The summed E-state index contributed by atoms with van der Waals surface area (Å²) in [4.78, 5) is 18.3. The zero-order chi connectivity index (χ0) is 28.3. The molecule has 0 aliphatic carbocycles. The van der Waals surface area contributed by atoms with Gasteiger partial charge in [-0.05, 0) is 67.1 Å². The van der Waals surface area contributed by atoms with Crippen molar-refractivity contribution < 1.29 is 13.9 Å². The molecule has 9 heteroatoms. The number of nitrogens with zero attached hydrogens (tertiary/aromatic N) is 3. The van der Waals surface area contributed by atoms with Crippen LogP contribution in [0.15, 0.2) is 114 Å². The second-order valence-corrected chi connectivity index (χ2v) is 10.9. The third-order valence-corrected chi connectivity index (χ3v) is 7.62. The van der Waals surface area contributed by atoms with E-state index in [0.29, 0.717) is 52.8 Å². The fraction of sp³-hybridized carbons (Fsp3) is 0.0938. The first-order valence-electron chi connectivity index (χ1n) is 12.9. The maximum absolute atomic E-state index is 13.6. The minimum absolute atomic E-state index is 0.299. The van der Waals surface area contributed by atoms with E-state index in [9.17, 15) is 4.79 Å². The second kappa shape index (κ2) is 11.7. The summed E-state index contributed by atoms with van der Waals surface area (Å²) in [5, 5.41) is 5.94. The number of fused-ring (bicyclic) bond motifs is 2. The lowest BCUT2D eigenvalue weighted by Gasteiger charge is -2.13. The molecule has 0 unspecified atom stereocenters. The van der Waals surface area contributed by atoms with Gasteiger partial charge in [-0.25, -0.2) is 4.98 Å². The van der Waals surface area contributed by atoms with Crippen molar-refractivity contribution >= 4 is 59.9 Å². The summed E-state index contributed by atoms with van der Waals surface area (Å²) >= 11 is 7.05. The van der Waals surface area contributed by atoms with Gasteiger partial charge in [-0.2, -0.15) is 9.78 Å². The SMILES string of the molecule is CCOc1cc(C=Nn2c(-c3cc4ccccc4o3)nc3ccccc3c2=O)ccc1OCc1ccc(Br)cc1Br. The molecule has 0 amide bonds. The fourth-order valence-corrected chi connectivity index (χ4v) is 5.56. The fourth-order valence-electron chi connectivity index (χ4n) is 4.39. The van der Waals surface area contributed by atoms with Gasteiger partial charge in [0.25, 0.3) is 5.56 Å². The predicted molar refractivity (Wildman–Crippen MR) is 168 cm³/mol. The molecular weight excluding hydrogens is 650 g/mol. The van der Waals surface area contributed by atoms with Crippen LogP contribution in [-0.2, 0) is 6.61 Å². The van der Waals surface area contributed by atoms with Crippen LogP contribution in [0.1, 0.15) is 18.1 Å². The molecule has 0 N–H and O–H groups in total. The van der Waals surface area contributed by atoms with Gasteiger partial charge in [0.15, 0.2) is 17.3 Å². The second-order valence-electron chi connectivity index (χ2n) is 9.13. The van der Waals surface area contributed by atoms with E-state index in [1.54, 1.807) is 24.4 Å². The normalized spacial score (nSPS) is 11.5. The number of hydrogen-bond acceptors (Lipinski definition) is 6. The van der Waals surface area contributed by atoms with Crippen molar-refractivity contribution in [3.05, 3.63) is 121 Å². The molecule has 0 saturated heterocycles. The minimum Gasteiger partial charge on any atom is -0.490 e. The first-order valence-corrected chi connectivity index (χ1v) is 14.5. The van der Waals surface area contributed by atoms with Crippen LogP contribution in [0.2, 0.25) is 0 Å². The highest BCUT2D eigenvalue weighted by Crippen LogP contribution is 2.31. The van der Waals surface area contributed by atoms with Crippen LogP contribution in [0.25, 0.3) is 33.5 Å². The molecule has 2 aromatic heterocycles. The average Bonchev–Trinajstić information content (AvgIpc) is 3.41. The van der Waals surface area contributed by atoms with Crippen molar-refractivity contribution in [2.45, 2.75) is 13.5 Å². The largest absolute Gasteiger partial charge is 0.490 e. The van der Waals surface area contributed by atoms with Gasteiger partial charge in [0.1, 0.15) is 12.2 Å². The van der Waals surface area contributed by atoms with Crippen molar-refractivity contribution in [2.24, 2.45) is 5.10 Å². The number of furan rings is 1. The lowest BCUT2D eigenvalue weighted by atomic mass is 10.2. The Balaban J connectivity index is 1.36. The van der Waals surface area contributed by atoms with Gasteiger partial charge >= 0.3 is 0 Å². The van der Waals surface area contributed by atoms with Gasteiger partial charge in [0.05, 0.1) is 23.7 Å². The Morgan fingerprint density at radius 1 is 0.927 bits per heavy atom. The zero-order valence-electron chi connectivity index (χ0n) is 21.9. The smallest absolute Gasteiger partial charge is 0.282 e. The molecule has 0 fully saturated rings. The van der Waals surface area contributed by atoms with Crippen molar-refractivity contribution in [1.82, 2.24) is 9.66 Å². The number of benzene rings is 4. The molecule has 7 nitrogen and oxygen atoms in total. The van der Waals surface area contributed by atoms with E-state index < -0.39 is 0 Å². The summed E-state index contributed by atoms with van der Waals surface area (Å²) in [7, 11) is 0. The third-order valence-electron chi connectivity index (χ3n) is 6.39. The molecule has 6 rings (SSSR count). The van der Waals surface area contributed by atoms with E-state index in [1.165, 1.54) is 4.68 Å². The molecule has 4 aromatic carbocycles. The Kier molecular flexibility index (Phi) is 7.71. The lowest BCUT2D eigenvalue weighted by Crippen LogP contribution is -2.20. The summed E-state index contributed by atoms with van der Waals surface area (Å²) in [5.41, 5.74) is 2.70. The van der Waals surface area contributed by atoms with Crippen molar-refractivity contribution in [2.75, 3.05) is 6.61 Å². The molecule has 6 aromatic rings. The molecule has 0 radical (unpaired) electrons. The van der Waals surface area contributed by atoms with E-state index in [4.69, 9.17) is 18.9 Å². The quantitative estimate of drug-likeness (QED) is 0.152. The van der Waals surface area contributed by atoms with Crippen molar-refractivity contribution in [1.29, 1.82) is 0 Å². The lowest BCUT2D eigenvalue weighted by molar-refractivity contribution is 0.269. The monoisotopic (exact) mass is 671 g/mol. The Bertz CT molecular complexity index is 1950. The van der Waals surface area contributed by atoms with Crippen LogP contribution in [0.4, 0.5) is 0 Å². The molecule has 0 saturated carbocycles. The Labute approximate surface area is 252 Å². The van der Waals surface area contributed by atoms with Gasteiger partial charge in [0.2, 0.25) is 5.82 Å². The molecule has 0 bridgehead atoms. The van der Waals surface area contributed by atoms with Crippen LogP contribution in [0.3, 0.4) is 0 Å². The maximum atomic E-state index is 13.6. The van der Waals surface area contributed by atoms with E-state index in [1.807, 2.05) is 79.7 Å². The molecule has 2 heterocycles. The molecule has 0 aliphatic heterocycles. The molecular formula is C32H23Br2N3O4. The Morgan fingerprint density at radius 2 is 1.76 bits per heavy atom. The summed E-state index contributed by atoms with van der Waals surface area (Å²) in [6.45, 7) is 2.74. The van der Waals surface area contributed by atoms with Crippen LogP contribution in [0, 0.1) is 0 Å². The van der Waals surface area contributed by atoms with Crippen LogP contribution in [-0.4, -0.2) is 22.5 Å². The minimum atomic E-state index is -0.299. The molecule has 0 atom stereocenters. The first-order chi connectivity index (χ1) is 20.0. The summed E-state index contributed by atoms with van der Waals surface area (Å²) in [6.07, 6.45) is 1.60. The molecule has 0 spiro atoms.